The smallest absolute Gasteiger partial charge is 0.0795 e. The summed E-state index contributed by atoms with van der Waals surface area (Å²) in [5, 5.41) is 10.0. The molecule has 2 rings (SSSR count). The summed E-state index contributed by atoms with van der Waals surface area (Å²) in [5.74, 6) is 0.787. The highest BCUT2D eigenvalue weighted by Gasteiger charge is 2.25. The third-order valence-corrected chi connectivity index (χ3v) is 3.05. The molecule has 1 saturated carbocycles. The van der Waals surface area contributed by atoms with Gasteiger partial charge in [0.15, 0.2) is 0 Å². The van der Waals surface area contributed by atoms with Crippen molar-refractivity contribution in [2.45, 2.75) is 38.7 Å². The van der Waals surface area contributed by atoms with E-state index >= 15 is 0 Å². The van der Waals surface area contributed by atoms with Crippen molar-refractivity contribution < 1.29 is 5.11 Å². The minimum atomic E-state index is -0.237. The Morgan fingerprint density at radius 3 is 2.71 bits per heavy atom. The second kappa shape index (κ2) is 4.14. The predicted molar refractivity (Wildman–Crippen MR) is 58.1 cm³/mol. The normalized spacial score (nSPS) is 18.1. The summed E-state index contributed by atoms with van der Waals surface area (Å²) < 4.78 is 0. The molecule has 0 aliphatic heterocycles. The Morgan fingerprint density at radius 1 is 1.36 bits per heavy atom. The van der Waals surface area contributed by atoms with E-state index in [1.165, 1.54) is 18.4 Å². The maximum Gasteiger partial charge on any atom is 0.0795 e. The fourth-order valence-electron chi connectivity index (χ4n) is 1.98. The monoisotopic (exact) mass is 190 g/mol. The molecular weight excluding hydrogens is 172 g/mol. The molecule has 1 atom stereocenters. The quantitative estimate of drug-likeness (QED) is 0.773. The van der Waals surface area contributed by atoms with Crippen LogP contribution in [0.1, 0.15) is 43.4 Å². The number of hydrogen-bond acceptors (Lipinski definition) is 1. The Kier molecular flexibility index (Phi) is 2.87. The molecule has 0 aromatic heterocycles. The Hall–Kier alpha value is -0.820. The first-order chi connectivity index (χ1) is 6.81. The van der Waals surface area contributed by atoms with Crippen LogP contribution in [0.25, 0.3) is 0 Å². The fraction of sp³-hybridized carbons (Fsp3) is 0.538. The number of hydrogen-bond donors (Lipinski definition) is 1. The highest BCUT2D eigenvalue weighted by atomic mass is 16.3. The summed E-state index contributed by atoms with van der Waals surface area (Å²) in [7, 11) is 0. The van der Waals surface area contributed by atoms with E-state index in [2.05, 4.69) is 19.1 Å². The van der Waals surface area contributed by atoms with E-state index in [1.54, 1.807) is 0 Å². The Bertz CT molecular complexity index is 302. The lowest BCUT2D eigenvalue weighted by Gasteiger charge is -2.14. The van der Waals surface area contributed by atoms with Gasteiger partial charge in [-0.2, -0.15) is 0 Å². The van der Waals surface area contributed by atoms with Crippen molar-refractivity contribution >= 4 is 0 Å². The molecule has 0 bridgehead atoms. The third-order valence-electron chi connectivity index (χ3n) is 3.05. The van der Waals surface area contributed by atoms with E-state index in [4.69, 9.17) is 0 Å². The summed E-state index contributed by atoms with van der Waals surface area (Å²) in [6.07, 6.45) is 4.35. The molecule has 76 valence electrons. The van der Waals surface area contributed by atoms with Gasteiger partial charge in [0.05, 0.1) is 6.10 Å². The Labute approximate surface area is 85.8 Å². The van der Waals surface area contributed by atoms with Crippen LogP contribution in [0.2, 0.25) is 0 Å². The van der Waals surface area contributed by atoms with Crippen LogP contribution >= 0.6 is 0 Å². The second-order valence-electron chi connectivity index (χ2n) is 4.25. The van der Waals surface area contributed by atoms with Crippen LogP contribution in [0, 0.1) is 5.92 Å². The van der Waals surface area contributed by atoms with Gasteiger partial charge in [-0.25, -0.2) is 0 Å². The van der Waals surface area contributed by atoms with Gasteiger partial charge in [0.25, 0.3) is 0 Å². The molecule has 1 heteroatoms. The molecule has 1 aromatic rings. The summed E-state index contributed by atoms with van der Waals surface area (Å²) in [6.45, 7) is 2.14. The highest BCUT2D eigenvalue weighted by molar-refractivity contribution is 5.29. The minimum Gasteiger partial charge on any atom is -0.388 e. The number of aliphatic hydroxyl groups excluding tert-OH is 1. The van der Waals surface area contributed by atoms with E-state index in [1.807, 2.05) is 12.1 Å². The van der Waals surface area contributed by atoms with Crippen molar-refractivity contribution in [1.82, 2.24) is 0 Å². The van der Waals surface area contributed by atoms with Gasteiger partial charge in [0.2, 0.25) is 0 Å². The van der Waals surface area contributed by atoms with Crippen LogP contribution in [-0.2, 0) is 6.42 Å². The molecule has 1 nitrogen and oxygen atoms in total. The maximum absolute atomic E-state index is 10.0. The molecule has 1 aromatic carbocycles. The van der Waals surface area contributed by atoms with Gasteiger partial charge in [0.1, 0.15) is 0 Å². The van der Waals surface area contributed by atoms with Crippen molar-refractivity contribution in [2.24, 2.45) is 5.92 Å². The van der Waals surface area contributed by atoms with Gasteiger partial charge in [-0.1, -0.05) is 44.0 Å². The summed E-state index contributed by atoms with van der Waals surface area (Å²) >= 11 is 0. The summed E-state index contributed by atoms with van der Waals surface area (Å²) in [5.41, 5.74) is 2.43. The summed E-state index contributed by atoms with van der Waals surface area (Å²) in [4.78, 5) is 0. The van der Waals surface area contributed by atoms with E-state index < -0.39 is 0 Å². The number of rotatable bonds is 4. The SMILES string of the molecule is CCc1ccccc1C(O)CC1CC1. The van der Waals surface area contributed by atoms with Crippen LogP contribution in [0.4, 0.5) is 0 Å². The van der Waals surface area contributed by atoms with Crippen LogP contribution < -0.4 is 0 Å². The molecule has 1 aliphatic carbocycles. The first-order valence-electron chi connectivity index (χ1n) is 5.57. The zero-order chi connectivity index (χ0) is 9.97. The van der Waals surface area contributed by atoms with Crippen molar-refractivity contribution in [3.8, 4) is 0 Å². The molecule has 1 aliphatic rings. The highest BCUT2D eigenvalue weighted by Crippen LogP contribution is 2.38. The van der Waals surface area contributed by atoms with Crippen molar-refractivity contribution in [1.29, 1.82) is 0 Å². The standard InChI is InChI=1S/C13H18O/c1-2-11-5-3-4-6-12(11)13(14)9-10-7-8-10/h3-6,10,13-14H,2,7-9H2,1H3. The zero-order valence-electron chi connectivity index (χ0n) is 8.74. The number of aryl methyl sites for hydroxylation is 1. The molecule has 0 spiro atoms. The maximum atomic E-state index is 10.0. The van der Waals surface area contributed by atoms with Crippen LogP contribution in [-0.4, -0.2) is 5.11 Å². The van der Waals surface area contributed by atoms with Crippen LogP contribution in [0.3, 0.4) is 0 Å². The van der Waals surface area contributed by atoms with Crippen LogP contribution in [0.5, 0.6) is 0 Å². The van der Waals surface area contributed by atoms with E-state index in [-0.39, 0.29) is 6.10 Å². The van der Waals surface area contributed by atoms with Gasteiger partial charge in [-0.3, -0.25) is 0 Å². The van der Waals surface area contributed by atoms with E-state index in [0.717, 1.165) is 24.3 Å². The molecule has 1 N–H and O–H groups in total. The largest absolute Gasteiger partial charge is 0.388 e. The number of aliphatic hydroxyl groups is 1. The average Bonchev–Trinajstić information content (AvgIpc) is 3.01. The molecule has 0 saturated heterocycles. The molecule has 1 fully saturated rings. The Balaban J connectivity index is 2.11. The predicted octanol–water partition coefficient (Wildman–Crippen LogP) is 3.08. The van der Waals surface area contributed by atoms with Gasteiger partial charge in [-0.05, 0) is 29.9 Å². The molecule has 0 amide bonds. The van der Waals surface area contributed by atoms with Crippen molar-refractivity contribution in [2.75, 3.05) is 0 Å². The minimum absolute atomic E-state index is 0.237. The zero-order valence-corrected chi connectivity index (χ0v) is 8.74. The fourth-order valence-corrected chi connectivity index (χ4v) is 1.98. The second-order valence-corrected chi connectivity index (χ2v) is 4.25. The van der Waals surface area contributed by atoms with Gasteiger partial charge < -0.3 is 5.11 Å². The summed E-state index contributed by atoms with van der Waals surface area (Å²) in [6, 6.07) is 8.24. The molecule has 1 unspecified atom stereocenters. The lowest BCUT2D eigenvalue weighted by molar-refractivity contribution is 0.159. The first-order valence-corrected chi connectivity index (χ1v) is 5.57. The van der Waals surface area contributed by atoms with E-state index in [9.17, 15) is 5.11 Å². The van der Waals surface area contributed by atoms with Gasteiger partial charge in [-0.15, -0.1) is 0 Å². The molecule has 0 heterocycles. The third kappa shape index (κ3) is 2.16. The lowest BCUT2D eigenvalue weighted by atomic mass is 9.97. The molecule has 14 heavy (non-hydrogen) atoms. The van der Waals surface area contributed by atoms with Gasteiger partial charge in [0, 0.05) is 0 Å². The van der Waals surface area contributed by atoms with Crippen molar-refractivity contribution in [3.63, 3.8) is 0 Å². The number of benzene rings is 1. The molecular formula is C13H18O. The lowest BCUT2D eigenvalue weighted by Crippen LogP contribution is -2.02. The first kappa shape index (κ1) is 9.72. The Morgan fingerprint density at radius 2 is 2.07 bits per heavy atom. The van der Waals surface area contributed by atoms with E-state index in [0.29, 0.717) is 0 Å². The van der Waals surface area contributed by atoms with Crippen LogP contribution in [0.15, 0.2) is 24.3 Å². The average molecular weight is 190 g/mol. The van der Waals surface area contributed by atoms with Crippen molar-refractivity contribution in [3.05, 3.63) is 35.4 Å². The molecule has 0 radical (unpaired) electrons. The van der Waals surface area contributed by atoms with Gasteiger partial charge >= 0.3 is 0 Å². The topological polar surface area (TPSA) is 20.2 Å².